The molecule has 0 aromatic rings. The molecule has 1 fully saturated rings. The molecule has 1 aliphatic carbocycles. The summed E-state index contributed by atoms with van der Waals surface area (Å²) in [6.45, 7) is 9.55. The lowest BCUT2D eigenvalue weighted by Gasteiger charge is -2.28. The van der Waals surface area contributed by atoms with E-state index in [0.717, 1.165) is 63.7 Å². The van der Waals surface area contributed by atoms with Crippen LogP contribution in [-0.2, 0) is 18.9 Å². The van der Waals surface area contributed by atoms with Crippen molar-refractivity contribution in [3.63, 3.8) is 0 Å². The fourth-order valence-electron chi connectivity index (χ4n) is 3.90. The maximum Gasteiger partial charge on any atom is 0.508 e. The lowest BCUT2D eigenvalue weighted by atomic mass is 9.95. The van der Waals surface area contributed by atoms with Gasteiger partial charge in [0.1, 0.15) is 12.2 Å². The molecular formula is C25H46O6. The number of ether oxygens (including phenoxy) is 4. The number of rotatable bonds is 15. The zero-order valence-electron chi connectivity index (χ0n) is 20.4. The predicted octanol–water partition coefficient (Wildman–Crippen LogP) is 7.43. The maximum absolute atomic E-state index is 12.0. The summed E-state index contributed by atoms with van der Waals surface area (Å²) in [5.74, 6) is 1.13. The van der Waals surface area contributed by atoms with Crippen LogP contribution in [0.5, 0.6) is 0 Å². The normalized spacial score (nSPS) is 19.6. The van der Waals surface area contributed by atoms with E-state index in [4.69, 9.17) is 18.9 Å². The highest BCUT2D eigenvalue weighted by atomic mass is 16.7. The van der Waals surface area contributed by atoms with E-state index in [-0.39, 0.29) is 12.2 Å². The molecule has 0 aromatic carbocycles. The molecule has 0 amide bonds. The van der Waals surface area contributed by atoms with Gasteiger partial charge in [0.2, 0.25) is 0 Å². The number of unbranched alkanes of at least 4 members (excludes halogenated alkanes) is 4. The molecule has 0 radical (unpaired) electrons. The SMILES string of the molecule is CCCCC(CC)COC(=O)OC1CCCC(OC(=O)OCCCCCCC(C)C)C1. The highest BCUT2D eigenvalue weighted by Gasteiger charge is 2.28. The van der Waals surface area contributed by atoms with Gasteiger partial charge in [0.05, 0.1) is 13.2 Å². The van der Waals surface area contributed by atoms with Crippen LogP contribution < -0.4 is 0 Å². The van der Waals surface area contributed by atoms with Crippen LogP contribution >= 0.6 is 0 Å². The minimum absolute atomic E-state index is 0.266. The summed E-state index contributed by atoms with van der Waals surface area (Å²) in [6, 6.07) is 0. The van der Waals surface area contributed by atoms with Gasteiger partial charge in [-0.1, -0.05) is 72.6 Å². The third-order valence-corrected chi connectivity index (χ3v) is 5.98. The van der Waals surface area contributed by atoms with Crippen molar-refractivity contribution in [2.24, 2.45) is 11.8 Å². The van der Waals surface area contributed by atoms with Crippen LogP contribution in [0.4, 0.5) is 9.59 Å². The second-order valence-electron chi connectivity index (χ2n) is 9.32. The van der Waals surface area contributed by atoms with Crippen molar-refractivity contribution in [3.8, 4) is 0 Å². The van der Waals surface area contributed by atoms with E-state index in [1.54, 1.807) is 0 Å². The third-order valence-electron chi connectivity index (χ3n) is 5.98. The first kappa shape index (κ1) is 27.6. The minimum atomic E-state index is -0.614. The van der Waals surface area contributed by atoms with Gasteiger partial charge in [-0.3, -0.25) is 0 Å². The topological polar surface area (TPSA) is 71.1 Å². The number of hydrogen-bond donors (Lipinski definition) is 0. The summed E-state index contributed by atoms with van der Waals surface area (Å²) in [4.78, 5) is 24.0. The Labute approximate surface area is 189 Å². The molecule has 3 unspecified atom stereocenters. The summed E-state index contributed by atoms with van der Waals surface area (Å²) >= 11 is 0. The van der Waals surface area contributed by atoms with Crippen molar-refractivity contribution in [2.45, 2.75) is 123 Å². The number of carbonyl (C=O) groups is 2. The van der Waals surface area contributed by atoms with Crippen LogP contribution in [0.1, 0.15) is 111 Å². The molecule has 0 aliphatic heterocycles. The van der Waals surface area contributed by atoms with E-state index in [2.05, 4.69) is 27.7 Å². The molecule has 0 N–H and O–H groups in total. The smallest absolute Gasteiger partial charge is 0.434 e. The maximum atomic E-state index is 12.0. The fourth-order valence-corrected chi connectivity index (χ4v) is 3.90. The molecule has 0 bridgehead atoms. The quantitative estimate of drug-likeness (QED) is 0.194. The first-order valence-electron chi connectivity index (χ1n) is 12.6. The first-order chi connectivity index (χ1) is 14.9. The van der Waals surface area contributed by atoms with Crippen molar-refractivity contribution < 1.29 is 28.5 Å². The van der Waals surface area contributed by atoms with Crippen LogP contribution in [0.3, 0.4) is 0 Å². The predicted molar refractivity (Wildman–Crippen MR) is 122 cm³/mol. The zero-order valence-corrected chi connectivity index (χ0v) is 20.4. The molecule has 1 rings (SSSR count). The average Bonchev–Trinajstić information content (AvgIpc) is 2.73. The number of carbonyl (C=O) groups excluding carboxylic acids is 2. The lowest BCUT2D eigenvalue weighted by molar-refractivity contribution is -0.0374. The van der Waals surface area contributed by atoms with Gasteiger partial charge in [0.25, 0.3) is 0 Å². The third kappa shape index (κ3) is 14.3. The van der Waals surface area contributed by atoms with Gasteiger partial charge < -0.3 is 18.9 Å². The van der Waals surface area contributed by atoms with E-state index < -0.39 is 12.3 Å². The van der Waals surface area contributed by atoms with Crippen LogP contribution in [0, 0.1) is 11.8 Å². The van der Waals surface area contributed by atoms with Crippen molar-refractivity contribution in [2.75, 3.05) is 13.2 Å². The Hall–Kier alpha value is -1.46. The first-order valence-corrected chi connectivity index (χ1v) is 12.6. The monoisotopic (exact) mass is 442 g/mol. The molecule has 0 spiro atoms. The molecule has 182 valence electrons. The summed E-state index contributed by atoms with van der Waals surface area (Å²) in [6.07, 6.45) is 11.1. The molecule has 31 heavy (non-hydrogen) atoms. The van der Waals surface area contributed by atoms with E-state index in [9.17, 15) is 9.59 Å². The van der Waals surface area contributed by atoms with Crippen LogP contribution in [-0.4, -0.2) is 37.7 Å². The molecule has 6 nitrogen and oxygen atoms in total. The summed E-state index contributed by atoms with van der Waals surface area (Å²) in [5.41, 5.74) is 0. The van der Waals surface area contributed by atoms with E-state index in [0.29, 0.717) is 25.6 Å². The molecule has 0 saturated heterocycles. The van der Waals surface area contributed by atoms with Crippen LogP contribution in [0.25, 0.3) is 0 Å². The molecule has 0 heterocycles. The standard InChI is InChI=1S/C25H46O6/c1-5-7-14-21(6-2)19-29-25(27)31-23-16-12-15-22(18-23)30-24(26)28-17-11-9-8-10-13-20(3)4/h20-23H,5-19H2,1-4H3. The summed E-state index contributed by atoms with van der Waals surface area (Å²) in [7, 11) is 0. The highest BCUT2D eigenvalue weighted by Crippen LogP contribution is 2.24. The largest absolute Gasteiger partial charge is 0.508 e. The Morgan fingerprint density at radius 1 is 0.839 bits per heavy atom. The van der Waals surface area contributed by atoms with E-state index in [1.165, 1.54) is 19.3 Å². The average molecular weight is 443 g/mol. The summed E-state index contributed by atoms with van der Waals surface area (Å²) in [5, 5.41) is 0. The van der Waals surface area contributed by atoms with Crippen molar-refractivity contribution >= 4 is 12.3 Å². The molecule has 6 heteroatoms. The molecule has 3 atom stereocenters. The van der Waals surface area contributed by atoms with E-state index >= 15 is 0 Å². The number of hydrogen-bond acceptors (Lipinski definition) is 6. The van der Waals surface area contributed by atoms with Crippen LogP contribution in [0.2, 0.25) is 0 Å². The van der Waals surface area contributed by atoms with Gasteiger partial charge in [0, 0.05) is 6.42 Å². The second kappa shape index (κ2) is 17.1. The second-order valence-corrected chi connectivity index (χ2v) is 9.32. The Bertz CT molecular complexity index is 479. The van der Waals surface area contributed by atoms with Crippen molar-refractivity contribution in [1.29, 1.82) is 0 Å². The van der Waals surface area contributed by atoms with Gasteiger partial charge in [-0.15, -0.1) is 0 Å². The highest BCUT2D eigenvalue weighted by molar-refractivity contribution is 5.60. The summed E-state index contributed by atoms with van der Waals surface area (Å²) < 4.78 is 21.4. The van der Waals surface area contributed by atoms with Crippen molar-refractivity contribution in [3.05, 3.63) is 0 Å². The van der Waals surface area contributed by atoms with E-state index in [1.807, 2.05) is 0 Å². The van der Waals surface area contributed by atoms with Crippen molar-refractivity contribution in [1.82, 2.24) is 0 Å². The van der Waals surface area contributed by atoms with Gasteiger partial charge in [-0.2, -0.15) is 0 Å². The Morgan fingerprint density at radius 3 is 2.10 bits per heavy atom. The van der Waals surface area contributed by atoms with Crippen LogP contribution in [0.15, 0.2) is 0 Å². The Balaban J connectivity index is 2.17. The Morgan fingerprint density at radius 2 is 1.48 bits per heavy atom. The molecule has 1 saturated carbocycles. The molecular weight excluding hydrogens is 396 g/mol. The van der Waals surface area contributed by atoms with Gasteiger partial charge in [-0.05, 0) is 43.9 Å². The molecule has 1 aliphatic rings. The van der Waals surface area contributed by atoms with Gasteiger partial charge >= 0.3 is 12.3 Å². The molecule has 0 aromatic heterocycles. The van der Waals surface area contributed by atoms with Gasteiger partial charge in [0.15, 0.2) is 0 Å². The fraction of sp³-hybridized carbons (Fsp3) is 0.920. The van der Waals surface area contributed by atoms with Gasteiger partial charge in [-0.25, -0.2) is 9.59 Å². The zero-order chi connectivity index (χ0) is 22.9. The Kier molecular flexibility index (Phi) is 15.2. The minimum Gasteiger partial charge on any atom is -0.434 e. The lowest BCUT2D eigenvalue weighted by Crippen LogP contribution is -2.32.